The fraction of sp³-hybridized carbons (Fsp3) is 0.409. The summed E-state index contributed by atoms with van der Waals surface area (Å²) in [5.74, 6) is 0.310. The van der Waals surface area contributed by atoms with Crippen LogP contribution in [0.2, 0.25) is 0 Å². The lowest BCUT2D eigenvalue weighted by Gasteiger charge is -2.33. The molecule has 1 aliphatic heterocycles. The molecule has 3 heterocycles. The Hall–Kier alpha value is -2.47. The predicted molar refractivity (Wildman–Crippen MR) is 113 cm³/mol. The zero-order valence-corrected chi connectivity index (χ0v) is 16.6. The Balaban J connectivity index is 1.22. The number of fused-ring (bicyclic) bond motifs is 2. The molecule has 3 aromatic rings. The summed E-state index contributed by atoms with van der Waals surface area (Å²) in [6.45, 7) is 1.75. The largest absolute Gasteiger partial charge is 0.349 e. The van der Waals surface area contributed by atoms with E-state index in [1.165, 1.54) is 11.1 Å². The third-order valence-electron chi connectivity index (χ3n) is 5.98. The number of hydrogen-bond donors (Lipinski definition) is 1. The summed E-state index contributed by atoms with van der Waals surface area (Å²) in [7, 11) is 0. The van der Waals surface area contributed by atoms with E-state index in [-0.39, 0.29) is 17.9 Å². The third-order valence-corrected chi connectivity index (χ3v) is 7.02. The Morgan fingerprint density at radius 1 is 1.11 bits per heavy atom. The number of amides is 1. The molecule has 1 fully saturated rings. The quantitative estimate of drug-likeness (QED) is 0.729. The first kappa shape index (κ1) is 17.6. The average Bonchev–Trinajstić information content (AvgIpc) is 3.18. The molecule has 5 rings (SSSR count). The topological polar surface area (TPSA) is 58.1 Å². The number of anilines is 1. The summed E-state index contributed by atoms with van der Waals surface area (Å²) < 4.78 is 0. The SMILES string of the molecule is O=C(N[C@H]1CCCc2ccccc21)C1CCN(c2nc3cccnc3s2)CC1. The van der Waals surface area contributed by atoms with E-state index in [4.69, 9.17) is 4.98 Å². The molecule has 0 saturated carbocycles. The van der Waals surface area contributed by atoms with E-state index in [0.29, 0.717) is 0 Å². The van der Waals surface area contributed by atoms with Crippen molar-refractivity contribution in [1.82, 2.24) is 15.3 Å². The Morgan fingerprint density at radius 3 is 2.82 bits per heavy atom. The van der Waals surface area contributed by atoms with Gasteiger partial charge in [-0.2, -0.15) is 0 Å². The lowest BCUT2D eigenvalue weighted by atomic mass is 9.87. The van der Waals surface area contributed by atoms with Crippen molar-refractivity contribution in [2.24, 2.45) is 5.92 Å². The second kappa shape index (κ2) is 7.51. The molecule has 2 aromatic heterocycles. The molecule has 0 spiro atoms. The highest BCUT2D eigenvalue weighted by Crippen LogP contribution is 2.32. The molecule has 1 amide bonds. The predicted octanol–water partition coefficient (Wildman–Crippen LogP) is 4.10. The second-order valence-corrected chi connectivity index (χ2v) is 8.69. The van der Waals surface area contributed by atoms with E-state index in [0.717, 1.165) is 60.7 Å². The third kappa shape index (κ3) is 3.37. The number of pyridine rings is 1. The monoisotopic (exact) mass is 392 g/mol. The number of rotatable bonds is 3. The average molecular weight is 393 g/mol. The van der Waals surface area contributed by atoms with Crippen LogP contribution in [0.1, 0.15) is 42.9 Å². The zero-order chi connectivity index (χ0) is 18.9. The van der Waals surface area contributed by atoms with Gasteiger partial charge < -0.3 is 10.2 Å². The molecular weight excluding hydrogens is 368 g/mol. The number of thiazole rings is 1. The molecule has 28 heavy (non-hydrogen) atoms. The number of hydrogen-bond acceptors (Lipinski definition) is 5. The minimum Gasteiger partial charge on any atom is -0.349 e. The number of aromatic nitrogens is 2. The maximum absolute atomic E-state index is 12.9. The van der Waals surface area contributed by atoms with Crippen LogP contribution in [0.4, 0.5) is 5.13 Å². The molecule has 6 heteroatoms. The van der Waals surface area contributed by atoms with Gasteiger partial charge >= 0.3 is 0 Å². The number of carbonyl (C=O) groups is 1. The van der Waals surface area contributed by atoms with E-state index in [1.54, 1.807) is 11.3 Å². The minimum absolute atomic E-state index is 0.0952. The molecule has 2 aliphatic rings. The second-order valence-electron chi connectivity index (χ2n) is 7.74. The van der Waals surface area contributed by atoms with Gasteiger partial charge in [-0.05, 0) is 55.4 Å². The number of nitrogens with zero attached hydrogens (tertiary/aromatic N) is 3. The minimum atomic E-state index is 0.0952. The van der Waals surface area contributed by atoms with Gasteiger partial charge in [-0.15, -0.1) is 0 Å². The molecule has 1 saturated heterocycles. The van der Waals surface area contributed by atoms with Gasteiger partial charge in [0, 0.05) is 25.2 Å². The van der Waals surface area contributed by atoms with Crippen LogP contribution in [-0.2, 0) is 11.2 Å². The van der Waals surface area contributed by atoms with Crippen LogP contribution in [0, 0.1) is 5.92 Å². The van der Waals surface area contributed by atoms with Crippen LogP contribution in [-0.4, -0.2) is 29.0 Å². The molecular formula is C22H24N4OS. The number of benzene rings is 1. The molecule has 1 aliphatic carbocycles. The Bertz CT molecular complexity index is 960. The summed E-state index contributed by atoms with van der Waals surface area (Å²) in [6, 6.07) is 12.6. The van der Waals surface area contributed by atoms with Crippen molar-refractivity contribution in [3.05, 3.63) is 53.7 Å². The molecule has 0 unspecified atom stereocenters. The normalized spacial score (nSPS) is 20.1. The fourth-order valence-corrected chi connectivity index (χ4v) is 5.38. The van der Waals surface area contributed by atoms with E-state index in [1.807, 2.05) is 18.3 Å². The summed E-state index contributed by atoms with van der Waals surface area (Å²) in [5, 5.41) is 4.36. The highest BCUT2D eigenvalue weighted by Gasteiger charge is 2.29. The first-order chi connectivity index (χ1) is 13.8. The van der Waals surface area contributed by atoms with Gasteiger partial charge in [-0.3, -0.25) is 4.79 Å². The van der Waals surface area contributed by atoms with E-state index in [2.05, 4.69) is 39.5 Å². The smallest absolute Gasteiger partial charge is 0.223 e. The fourth-order valence-electron chi connectivity index (χ4n) is 4.42. The standard InChI is InChI=1S/C22H24N4OS/c27-20(24-18-8-3-6-15-5-1-2-7-17(15)18)16-10-13-26(14-11-16)22-25-19-9-4-12-23-21(19)28-22/h1-2,4-5,7,9,12,16,18H,3,6,8,10-11,13-14H2,(H,24,27)/t18-/m0/s1. The van der Waals surface area contributed by atoms with Crippen LogP contribution in [0.25, 0.3) is 10.3 Å². The zero-order valence-electron chi connectivity index (χ0n) is 15.8. The first-order valence-electron chi connectivity index (χ1n) is 10.1. The lowest BCUT2D eigenvalue weighted by molar-refractivity contribution is -0.126. The number of carbonyl (C=O) groups excluding carboxylic acids is 1. The lowest BCUT2D eigenvalue weighted by Crippen LogP contribution is -2.42. The maximum atomic E-state index is 12.9. The Kier molecular flexibility index (Phi) is 4.72. The van der Waals surface area contributed by atoms with Gasteiger partial charge in [-0.1, -0.05) is 35.6 Å². The Labute approximate surface area is 168 Å². The molecule has 1 aromatic carbocycles. The van der Waals surface area contributed by atoms with Crippen LogP contribution < -0.4 is 10.2 Å². The molecule has 1 N–H and O–H groups in total. The highest BCUT2D eigenvalue weighted by molar-refractivity contribution is 7.21. The van der Waals surface area contributed by atoms with Gasteiger partial charge in [-0.25, -0.2) is 9.97 Å². The van der Waals surface area contributed by atoms with Crippen molar-refractivity contribution in [3.8, 4) is 0 Å². The molecule has 0 bridgehead atoms. The van der Waals surface area contributed by atoms with Crippen molar-refractivity contribution in [3.63, 3.8) is 0 Å². The Morgan fingerprint density at radius 2 is 1.96 bits per heavy atom. The maximum Gasteiger partial charge on any atom is 0.223 e. The first-order valence-corrected chi connectivity index (χ1v) is 10.9. The summed E-state index contributed by atoms with van der Waals surface area (Å²) in [5.41, 5.74) is 3.65. The van der Waals surface area contributed by atoms with E-state index < -0.39 is 0 Å². The van der Waals surface area contributed by atoms with Crippen LogP contribution in [0.15, 0.2) is 42.6 Å². The van der Waals surface area contributed by atoms with Crippen molar-refractivity contribution in [2.45, 2.75) is 38.1 Å². The van der Waals surface area contributed by atoms with E-state index >= 15 is 0 Å². The highest BCUT2D eigenvalue weighted by atomic mass is 32.1. The van der Waals surface area contributed by atoms with Gasteiger partial charge in [0.1, 0.15) is 10.3 Å². The number of aryl methyl sites for hydroxylation is 1. The molecule has 1 atom stereocenters. The summed E-state index contributed by atoms with van der Waals surface area (Å²) in [4.78, 5) is 25.3. The van der Waals surface area contributed by atoms with Gasteiger partial charge in [0.25, 0.3) is 0 Å². The molecule has 144 valence electrons. The summed E-state index contributed by atoms with van der Waals surface area (Å²) in [6.07, 6.45) is 6.88. The van der Waals surface area contributed by atoms with Crippen LogP contribution in [0.5, 0.6) is 0 Å². The van der Waals surface area contributed by atoms with Crippen molar-refractivity contribution in [1.29, 1.82) is 0 Å². The number of piperidine rings is 1. The van der Waals surface area contributed by atoms with Gasteiger partial charge in [0.05, 0.1) is 6.04 Å². The van der Waals surface area contributed by atoms with Crippen LogP contribution in [0.3, 0.4) is 0 Å². The molecule has 5 nitrogen and oxygen atoms in total. The van der Waals surface area contributed by atoms with Crippen molar-refractivity contribution >= 4 is 32.7 Å². The van der Waals surface area contributed by atoms with E-state index in [9.17, 15) is 4.79 Å². The van der Waals surface area contributed by atoms with Crippen LogP contribution >= 0.6 is 11.3 Å². The summed E-state index contributed by atoms with van der Waals surface area (Å²) >= 11 is 1.64. The van der Waals surface area contributed by atoms with Gasteiger partial charge in [0.15, 0.2) is 5.13 Å². The molecule has 0 radical (unpaired) electrons. The van der Waals surface area contributed by atoms with Crippen molar-refractivity contribution < 1.29 is 4.79 Å². The van der Waals surface area contributed by atoms with Crippen molar-refractivity contribution in [2.75, 3.05) is 18.0 Å². The number of nitrogens with one attached hydrogen (secondary N) is 1. The van der Waals surface area contributed by atoms with Gasteiger partial charge in [0.2, 0.25) is 5.91 Å².